The van der Waals surface area contributed by atoms with Gasteiger partial charge >= 0.3 is 0 Å². The van der Waals surface area contributed by atoms with E-state index in [4.69, 9.17) is 0 Å². The summed E-state index contributed by atoms with van der Waals surface area (Å²) in [6.45, 7) is 0.717. The molecule has 0 unspecified atom stereocenters. The second-order valence-corrected chi connectivity index (χ2v) is 7.77. The summed E-state index contributed by atoms with van der Waals surface area (Å²) in [4.78, 5) is 0. The van der Waals surface area contributed by atoms with Crippen molar-refractivity contribution in [3.05, 3.63) is 35.4 Å². The van der Waals surface area contributed by atoms with Crippen LogP contribution in [0.2, 0.25) is 0 Å². The zero-order valence-corrected chi connectivity index (χ0v) is 11.9. The zero-order chi connectivity index (χ0) is 14.3. The summed E-state index contributed by atoms with van der Waals surface area (Å²) in [7, 11) is -3.17. The minimum Gasteiger partial charge on any atom is -0.212 e. The molecule has 0 spiro atoms. The Labute approximate surface area is 117 Å². The first-order chi connectivity index (χ1) is 9.50. The largest absolute Gasteiger partial charge is 0.216 e. The number of benzene rings is 1. The Bertz CT molecular complexity index is 585. The molecule has 2 aliphatic rings. The van der Waals surface area contributed by atoms with Gasteiger partial charge < -0.3 is 0 Å². The van der Waals surface area contributed by atoms with E-state index in [-0.39, 0.29) is 16.7 Å². The molecule has 2 fully saturated rings. The third-order valence-corrected chi connectivity index (χ3v) is 6.57. The quantitative estimate of drug-likeness (QED) is 0.860. The molecule has 1 aliphatic carbocycles. The van der Waals surface area contributed by atoms with E-state index in [0.717, 1.165) is 12.8 Å². The van der Waals surface area contributed by atoms with Gasteiger partial charge in [0.1, 0.15) is 11.6 Å². The highest BCUT2D eigenvalue weighted by Gasteiger charge is 2.41. The lowest BCUT2D eigenvalue weighted by Gasteiger charge is -2.31. The first-order valence-electron chi connectivity index (χ1n) is 6.93. The van der Waals surface area contributed by atoms with E-state index >= 15 is 0 Å². The van der Waals surface area contributed by atoms with Crippen LogP contribution in [0.15, 0.2) is 18.2 Å². The van der Waals surface area contributed by atoms with E-state index in [2.05, 4.69) is 0 Å². The van der Waals surface area contributed by atoms with Crippen molar-refractivity contribution in [1.82, 2.24) is 4.31 Å². The number of nitrogens with zero attached hydrogens (tertiary/aromatic N) is 1. The minimum atomic E-state index is -3.17. The van der Waals surface area contributed by atoms with E-state index < -0.39 is 21.7 Å². The van der Waals surface area contributed by atoms with Crippen LogP contribution in [0.25, 0.3) is 0 Å². The Kier molecular flexibility index (Phi) is 3.54. The molecule has 20 heavy (non-hydrogen) atoms. The van der Waals surface area contributed by atoms with Crippen LogP contribution < -0.4 is 0 Å². The van der Waals surface area contributed by atoms with Crippen molar-refractivity contribution in [2.24, 2.45) is 0 Å². The standard InChI is InChI=1S/C14H17F2NO2S/c15-12-2-1-3-13(16)14(12)10-6-8-17(9-7-10)20(18,19)11-4-5-11/h1-3,10-11H,4-9H2. The average molecular weight is 301 g/mol. The van der Waals surface area contributed by atoms with Gasteiger partial charge in [-0.15, -0.1) is 0 Å². The van der Waals surface area contributed by atoms with E-state index in [0.29, 0.717) is 25.9 Å². The van der Waals surface area contributed by atoms with Crippen molar-refractivity contribution in [1.29, 1.82) is 0 Å². The number of piperidine rings is 1. The van der Waals surface area contributed by atoms with Crippen LogP contribution >= 0.6 is 0 Å². The highest BCUT2D eigenvalue weighted by Crippen LogP contribution is 2.36. The fourth-order valence-electron chi connectivity index (χ4n) is 2.88. The molecular weight excluding hydrogens is 284 g/mol. The molecule has 110 valence electrons. The van der Waals surface area contributed by atoms with E-state index in [1.165, 1.54) is 22.5 Å². The maximum atomic E-state index is 13.7. The van der Waals surface area contributed by atoms with Gasteiger partial charge in [0.15, 0.2) is 0 Å². The number of sulfonamides is 1. The molecule has 0 bridgehead atoms. The SMILES string of the molecule is O=S(=O)(C1CC1)N1CCC(c2c(F)cccc2F)CC1. The van der Waals surface area contributed by atoms with E-state index in [1.807, 2.05) is 0 Å². The lowest BCUT2D eigenvalue weighted by molar-refractivity contribution is 0.310. The lowest BCUT2D eigenvalue weighted by Crippen LogP contribution is -2.40. The van der Waals surface area contributed by atoms with Crippen LogP contribution in [-0.2, 0) is 10.0 Å². The maximum absolute atomic E-state index is 13.7. The molecule has 0 aromatic heterocycles. The van der Waals surface area contributed by atoms with Gasteiger partial charge in [-0.1, -0.05) is 6.07 Å². The van der Waals surface area contributed by atoms with Gasteiger partial charge in [-0.25, -0.2) is 21.5 Å². The Morgan fingerprint density at radius 1 is 1.00 bits per heavy atom. The van der Waals surface area contributed by atoms with Crippen molar-refractivity contribution < 1.29 is 17.2 Å². The number of halogens is 2. The van der Waals surface area contributed by atoms with Gasteiger partial charge in [0, 0.05) is 18.7 Å². The summed E-state index contributed by atoms with van der Waals surface area (Å²) in [5.74, 6) is -1.30. The summed E-state index contributed by atoms with van der Waals surface area (Å²) >= 11 is 0. The Balaban J connectivity index is 1.73. The molecule has 1 saturated heterocycles. The maximum Gasteiger partial charge on any atom is 0.216 e. The van der Waals surface area contributed by atoms with Crippen LogP contribution in [0.1, 0.15) is 37.2 Å². The molecule has 1 heterocycles. The van der Waals surface area contributed by atoms with Crippen LogP contribution in [0.5, 0.6) is 0 Å². The molecule has 1 saturated carbocycles. The second kappa shape index (κ2) is 5.07. The van der Waals surface area contributed by atoms with Crippen molar-refractivity contribution in [3.63, 3.8) is 0 Å². The number of rotatable bonds is 3. The fourth-order valence-corrected chi connectivity index (χ4v) is 4.75. The van der Waals surface area contributed by atoms with Crippen molar-refractivity contribution in [3.8, 4) is 0 Å². The normalized spacial score (nSPS) is 22.1. The molecule has 1 aromatic rings. The van der Waals surface area contributed by atoms with Gasteiger partial charge in [0.05, 0.1) is 5.25 Å². The summed E-state index contributed by atoms with van der Waals surface area (Å²) in [6.07, 6.45) is 2.43. The van der Waals surface area contributed by atoms with Crippen molar-refractivity contribution in [2.45, 2.75) is 36.9 Å². The smallest absolute Gasteiger partial charge is 0.212 e. The van der Waals surface area contributed by atoms with Crippen LogP contribution in [-0.4, -0.2) is 31.1 Å². The molecule has 0 N–H and O–H groups in total. The van der Waals surface area contributed by atoms with Crippen LogP contribution in [0, 0.1) is 11.6 Å². The molecule has 3 nitrogen and oxygen atoms in total. The molecule has 6 heteroatoms. The van der Waals surface area contributed by atoms with Crippen molar-refractivity contribution >= 4 is 10.0 Å². The lowest BCUT2D eigenvalue weighted by atomic mass is 9.89. The number of hydrogen-bond acceptors (Lipinski definition) is 2. The Hall–Kier alpha value is -1.01. The summed E-state index contributed by atoms with van der Waals surface area (Å²) in [5.41, 5.74) is 0.107. The molecule has 1 aliphatic heterocycles. The molecular formula is C14H17F2NO2S. The molecule has 0 radical (unpaired) electrons. The van der Waals surface area contributed by atoms with E-state index in [9.17, 15) is 17.2 Å². The summed E-state index contributed by atoms with van der Waals surface area (Å²) < 4.78 is 53.2. The molecule has 0 atom stereocenters. The van der Waals surface area contributed by atoms with Crippen LogP contribution in [0.3, 0.4) is 0 Å². The second-order valence-electron chi connectivity index (χ2n) is 5.55. The van der Waals surface area contributed by atoms with Gasteiger partial charge in [0.25, 0.3) is 0 Å². The van der Waals surface area contributed by atoms with Crippen molar-refractivity contribution in [2.75, 3.05) is 13.1 Å². The Morgan fingerprint density at radius 3 is 2.05 bits per heavy atom. The highest BCUT2D eigenvalue weighted by atomic mass is 32.2. The third-order valence-electron chi connectivity index (χ3n) is 4.17. The predicted molar refractivity (Wildman–Crippen MR) is 71.8 cm³/mol. The molecule has 3 rings (SSSR count). The fraction of sp³-hybridized carbons (Fsp3) is 0.571. The first-order valence-corrected chi connectivity index (χ1v) is 8.43. The zero-order valence-electron chi connectivity index (χ0n) is 11.1. The monoisotopic (exact) mass is 301 g/mol. The summed E-state index contributed by atoms with van der Waals surface area (Å²) in [6, 6.07) is 3.86. The van der Waals surface area contributed by atoms with Gasteiger partial charge in [-0.3, -0.25) is 0 Å². The molecule has 1 aromatic carbocycles. The summed E-state index contributed by atoms with van der Waals surface area (Å²) in [5, 5.41) is -0.218. The average Bonchev–Trinajstić information content (AvgIpc) is 3.24. The first kappa shape index (κ1) is 13.9. The van der Waals surface area contributed by atoms with Gasteiger partial charge in [-0.05, 0) is 43.7 Å². The topological polar surface area (TPSA) is 37.4 Å². The van der Waals surface area contributed by atoms with Gasteiger partial charge in [-0.2, -0.15) is 0 Å². The van der Waals surface area contributed by atoms with E-state index in [1.54, 1.807) is 0 Å². The third kappa shape index (κ3) is 2.46. The van der Waals surface area contributed by atoms with Gasteiger partial charge in [0.2, 0.25) is 10.0 Å². The number of hydrogen-bond donors (Lipinski definition) is 0. The highest BCUT2D eigenvalue weighted by molar-refractivity contribution is 7.90. The Morgan fingerprint density at radius 2 is 1.55 bits per heavy atom. The predicted octanol–water partition coefficient (Wildman–Crippen LogP) is 2.64. The molecule has 0 amide bonds. The minimum absolute atomic E-state index is 0.107. The van der Waals surface area contributed by atoms with Crippen LogP contribution in [0.4, 0.5) is 8.78 Å².